The second-order valence-corrected chi connectivity index (χ2v) is 10.5. The normalized spacial score (nSPS) is 12.5. The molecule has 3 N–H and O–H groups in total. The number of carbonyl (C=O) groups is 1. The number of hydrogen-bond acceptors (Lipinski definition) is 8. The van der Waals surface area contributed by atoms with E-state index in [1.165, 1.54) is 43.0 Å². The third kappa shape index (κ3) is 5.80. The van der Waals surface area contributed by atoms with Crippen LogP contribution in [0, 0.1) is 5.82 Å². The molecule has 0 saturated heterocycles. The van der Waals surface area contributed by atoms with Crippen LogP contribution >= 0.6 is 11.8 Å². The van der Waals surface area contributed by atoms with Crippen LogP contribution in [0.3, 0.4) is 0 Å². The Kier molecular flexibility index (Phi) is 7.56. The molecule has 0 aliphatic heterocycles. The average Bonchev–Trinajstić information content (AvgIpc) is 3.12. The Bertz CT molecular complexity index is 1250. The monoisotopic (exact) mass is 494 g/mol. The van der Waals surface area contributed by atoms with Crippen molar-refractivity contribution in [1.82, 2.24) is 19.2 Å². The number of rotatable bonds is 9. The van der Waals surface area contributed by atoms with E-state index in [0.29, 0.717) is 5.69 Å². The highest BCUT2D eigenvalue weighted by Gasteiger charge is 2.21. The smallest absolute Gasteiger partial charge is 0.242 e. The Balaban J connectivity index is 1.63. The van der Waals surface area contributed by atoms with Crippen LogP contribution in [0.5, 0.6) is 5.75 Å². The lowest BCUT2D eigenvalue weighted by Gasteiger charge is -2.14. The Morgan fingerprint density at radius 1 is 1.24 bits per heavy atom. The van der Waals surface area contributed by atoms with Crippen molar-refractivity contribution in [3.63, 3.8) is 0 Å². The molecule has 0 aliphatic rings. The summed E-state index contributed by atoms with van der Waals surface area (Å²) in [6.45, 7) is 1.53. The highest BCUT2D eigenvalue weighted by molar-refractivity contribution is 8.00. The number of thioether (sulfide) groups is 1. The molecule has 0 aliphatic carbocycles. The lowest BCUT2D eigenvalue weighted by atomic mass is 10.3. The summed E-state index contributed by atoms with van der Waals surface area (Å²) in [6.07, 6.45) is 0. The zero-order valence-corrected chi connectivity index (χ0v) is 19.7. The maximum atomic E-state index is 13.7. The first kappa shape index (κ1) is 24.5. The molecular weight excluding hydrogens is 471 g/mol. The molecule has 0 radical (unpaired) electrons. The maximum Gasteiger partial charge on any atom is 0.242 e. The predicted octanol–water partition coefficient (Wildman–Crippen LogP) is 2.08. The van der Waals surface area contributed by atoms with E-state index in [1.54, 1.807) is 31.2 Å². The number of carbonyl (C=O) groups excluding carboxylic acids is 1. The zero-order chi connectivity index (χ0) is 24.2. The molecule has 2 aromatic carbocycles. The van der Waals surface area contributed by atoms with Gasteiger partial charge in [0.15, 0.2) is 17.4 Å². The van der Waals surface area contributed by atoms with E-state index in [-0.39, 0.29) is 34.1 Å². The van der Waals surface area contributed by atoms with Crippen LogP contribution in [-0.4, -0.2) is 52.8 Å². The SMILES string of the molecule is C[C@H](Sc1nnc(COc2ccccc2F)n1N)C(=O)Nc1cccc(S(=O)(=O)N(C)C)c1. The molecule has 13 heteroatoms. The topological polar surface area (TPSA) is 132 Å². The third-order valence-electron chi connectivity index (χ3n) is 4.46. The summed E-state index contributed by atoms with van der Waals surface area (Å²) in [4.78, 5) is 12.7. The quantitative estimate of drug-likeness (QED) is 0.341. The van der Waals surface area contributed by atoms with Gasteiger partial charge in [-0.1, -0.05) is 30.0 Å². The standard InChI is InChI=1S/C20H23FN6O4S2/c1-13(19(28)23-14-7-6-8-15(11-14)33(29,30)26(2)3)32-20-25-24-18(27(20)22)12-31-17-10-5-4-9-16(17)21/h4-11,13H,12,22H2,1-3H3,(H,23,28)/t13-/m0/s1. The van der Waals surface area contributed by atoms with E-state index in [1.807, 2.05) is 0 Å². The van der Waals surface area contributed by atoms with E-state index < -0.39 is 21.1 Å². The fraction of sp³-hybridized carbons (Fsp3) is 0.250. The molecule has 3 rings (SSSR count). The van der Waals surface area contributed by atoms with Gasteiger partial charge in [0.25, 0.3) is 0 Å². The van der Waals surface area contributed by atoms with Crippen molar-refractivity contribution in [3.05, 3.63) is 60.2 Å². The minimum atomic E-state index is -3.63. The summed E-state index contributed by atoms with van der Waals surface area (Å²) < 4.78 is 45.9. The molecule has 0 fully saturated rings. The Labute approximate surface area is 195 Å². The zero-order valence-electron chi connectivity index (χ0n) is 18.1. The molecule has 0 spiro atoms. The first-order valence-corrected chi connectivity index (χ1v) is 12.0. The molecule has 0 unspecified atom stereocenters. The molecule has 1 atom stereocenters. The van der Waals surface area contributed by atoms with Crippen molar-refractivity contribution in [2.45, 2.75) is 28.8 Å². The van der Waals surface area contributed by atoms with Gasteiger partial charge in [-0.25, -0.2) is 21.8 Å². The number of benzene rings is 2. The molecule has 1 aromatic heterocycles. The van der Waals surface area contributed by atoms with Gasteiger partial charge in [0.2, 0.25) is 21.1 Å². The first-order chi connectivity index (χ1) is 15.6. The van der Waals surface area contributed by atoms with Crippen molar-refractivity contribution in [2.75, 3.05) is 25.3 Å². The number of nitrogens with two attached hydrogens (primary N) is 1. The highest BCUT2D eigenvalue weighted by Crippen LogP contribution is 2.24. The minimum absolute atomic E-state index is 0.0564. The number of halogens is 1. The van der Waals surface area contributed by atoms with Gasteiger partial charge in [0.05, 0.1) is 10.1 Å². The average molecular weight is 495 g/mol. The molecule has 1 amide bonds. The fourth-order valence-electron chi connectivity index (χ4n) is 2.59. The van der Waals surface area contributed by atoms with Crippen molar-refractivity contribution in [2.24, 2.45) is 0 Å². The lowest BCUT2D eigenvalue weighted by Crippen LogP contribution is -2.25. The number of nitrogens with zero attached hydrogens (tertiary/aromatic N) is 4. The fourth-order valence-corrected chi connectivity index (χ4v) is 4.33. The summed E-state index contributed by atoms with van der Waals surface area (Å²) in [5.74, 6) is 5.40. The van der Waals surface area contributed by atoms with Crippen LogP contribution in [-0.2, 0) is 21.4 Å². The Morgan fingerprint density at radius 3 is 2.67 bits per heavy atom. The number of nitrogens with one attached hydrogen (secondary N) is 1. The van der Waals surface area contributed by atoms with Crippen LogP contribution in [0.25, 0.3) is 0 Å². The highest BCUT2D eigenvalue weighted by atomic mass is 32.2. The van der Waals surface area contributed by atoms with Gasteiger partial charge in [0.1, 0.15) is 6.61 Å². The molecular formula is C20H23FN6O4S2. The summed E-state index contributed by atoms with van der Waals surface area (Å²) in [7, 11) is -0.775. The number of nitrogen functional groups attached to an aromatic ring is 1. The van der Waals surface area contributed by atoms with Gasteiger partial charge in [-0.3, -0.25) is 4.79 Å². The van der Waals surface area contributed by atoms with Gasteiger partial charge < -0.3 is 15.9 Å². The Morgan fingerprint density at radius 2 is 1.97 bits per heavy atom. The largest absolute Gasteiger partial charge is 0.482 e. The van der Waals surface area contributed by atoms with Gasteiger partial charge in [0, 0.05) is 19.8 Å². The van der Waals surface area contributed by atoms with Crippen molar-refractivity contribution in [1.29, 1.82) is 0 Å². The molecule has 176 valence electrons. The molecule has 3 aromatic rings. The molecule has 33 heavy (non-hydrogen) atoms. The summed E-state index contributed by atoms with van der Waals surface area (Å²) in [5, 5.41) is 10.2. The number of aromatic nitrogens is 3. The third-order valence-corrected chi connectivity index (χ3v) is 7.33. The summed E-state index contributed by atoms with van der Waals surface area (Å²) in [6, 6.07) is 11.9. The van der Waals surface area contributed by atoms with Gasteiger partial charge in [-0.15, -0.1) is 10.2 Å². The minimum Gasteiger partial charge on any atom is -0.482 e. The van der Waals surface area contributed by atoms with Gasteiger partial charge in [-0.05, 0) is 37.3 Å². The second kappa shape index (κ2) is 10.2. The van der Waals surface area contributed by atoms with Gasteiger partial charge in [-0.2, -0.15) is 0 Å². The summed E-state index contributed by atoms with van der Waals surface area (Å²) >= 11 is 1.05. The number of sulfonamides is 1. The van der Waals surface area contributed by atoms with Crippen molar-refractivity contribution < 1.29 is 22.3 Å². The van der Waals surface area contributed by atoms with Crippen LogP contribution in [0.1, 0.15) is 12.7 Å². The first-order valence-electron chi connectivity index (χ1n) is 9.66. The van der Waals surface area contributed by atoms with Crippen LogP contribution in [0.15, 0.2) is 58.6 Å². The van der Waals surface area contributed by atoms with E-state index in [4.69, 9.17) is 10.6 Å². The van der Waals surface area contributed by atoms with Crippen molar-refractivity contribution in [3.8, 4) is 5.75 Å². The Hall–Kier alpha value is -3.16. The number of anilines is 1. The van der Waals surface area contributed by atoms with Crippen molar-refractivity contribution >= 4 is 33.4 Å². The van der Waals surface area contributed by atoms with E-state index in [2.05, 4.69) is 15.5 Å². The van der Waals surface area contributed by atoms with E-state index >= 15 is 0 Å². The molecule has 10 nitrogen and oxygen atoms in total. The number of hydrogen-bond donors (Lipinski definition) is 2. The van der Waals surface area contributed by atoms with E-state index in [9.17, 15) is 17.6 Å². The summed E-state index contributed by atoms with van der Waals surface area (Å²) in [5.41, 5.74) is 0.337. The van der Waals surface area contributed by atoms with Crippen LogP contribution < -0.4 is 15.9 Å². The van der Waals surface area contributed by atoms with E-state index in [0.717, 1.165) is 16.1 Å². The number of ether oxygens (including phenoxy) is 1. The maximum absolute atomic E-state index is 13.7. The molecule has 0 saturated carbocycles. The molecule has 0 bridgehead atoms. The lowest BCUT2D eigenvalue weighted by molar-refractivity contribution is -0.115. The predicted molar refractivity (Wildman–Crippen MR) is 122 cm³/mol. The van der Waals surface area contributed by atoms with Crippen LogP contribution in [0.4, 0.5) is 10.1 Å². The van der Waals surface area contributed by atoms with Crippen LogP contribution in [0.2, 0.25) is 0 Å². The van der Waals surface area contributed by atoms with Gasteiger partial charge >= 0.3 is 0 Å². The number of amides is 1. The number of para-hydroxylation sites is 1. The second-order valence-electron chi connectivity index (χ2n) is 7.05. The molecule has 1 heterocycles.